The summed E-state index contributed by atoms with van der Waals surface area (Å²) in [6.07, 6.45) is 7.45. The first-order chi connectivity index (χ1) is 6.42. The molecule has 0 amide bonds. The second-order valence-corrected chi connectivity index (χ2v) is 2.93. The summed E-state index contributed by atoms with van der Waals surface area (Å²) in [5.41, 5.74) is 1.84. The van der Waals surface area contributed by atoms with E-state index in [9.17, 15) is 0 Å². The van der Waals surface area contributed by atoms with E-state index in [0.717, 1.165) is 17.1 Å². The van der Waals surface area contributed by atoms with E-state index in [2.05, 4.69) is 22.7 Å². The van der Waals surface area contributed by atoms with E-state index in [1.54, 1.807) is 16.9 Å². The minimum atomic E-state index is 0.722. The minimum Gasteiger partial charge on any atom is -0.235 e. The Labute approximate surface area is 81.5 Å². The molecule has 2 heterocycles. The maximum absolute atomic E-state index is 4.20. The van der Waals surface area contributed by atoms with Crippen molar-refractivity contribution in [3.05, 3.63) is 36.3 Å². The fourth-order valence-electron chi connectivity index (χ4n) is 1.13. The molecule has 0 saturated carbocycles. The zero-order valence-electron chi connectivity index (χ0n) is 6.96. The molecule has 0 N–H and O–H groups in total. The monoisotopic (exact) mass is 191 g/mol. The molecular weight excluding hydrogens is 182 g/mol. The molecule has 0 aliphatic carbocycles. The van der Waals surface area contributed by atoms with Crippen molar-refractivity contribution in [1.29, 1.82) is 0 Å². The fourth-order valence-corrected chi connectivity index (χ4v) is 1.24. The summed E-state index contributed by atoms with van der Waals surface area (Å²) in [5.74, 6) is 0.722. The average Bonchev–Trinajstić information content (AvgIpc) is 2.58. The van der Waals surface area contributed by atoms with Crippen LogP contribution in [-0.4, -0.2) is 20.4 Å². The third-order valence-electron chi connectivity index (χ3n) is 1.70. The molecule has 0 aliphatic heterocycles. The molecule has 0 aliphatic rings. The lowest BCUT2D eigenvalue weighted by Crippen LogP contribution is -1.91. The maximum Gasteiger partial charge on any atom is 0.154 e. The van der Waals surface area contributed by atoms with Crippen molar-refractivity contribution in [3.63, 3.8) is 0 Å². The molecule has 0 spiro atoms. The highest BCUT2D eigenvalue weighted by Crippen LogP contribution is 2.05. The molecule has 2 rings (SSSR count). The van der Waals surface area contributed by atoms with Gasteiger partial charge in [0.25, 0.3) is 0 Å². The quantitative estimate of drug-likeness (QED) is 0.732. The van der Waals surface area contributed by atoms with E-state index in [1.807, 2.05) is 24.3 Å². The predicted molar refractivity (Wildman–Crippen MR) is 55.9 cm³/mol. The van der Waals surface area contributed by atoms with Crippen LogP contribution in [0, 0.1) is 0 Å². The second-order valence-electron chi connectivity index (χ2n) is 2.56. The fraction of sp³-hybridized carbons (Fsp3) is 0.111. The van der Waals surface area contributed by atoms with Gasteiger partial charge in [-0.05, 0) is 18.2 Å². The van der Waals surface area contributed by atoms with Gasteiger partial charge < -0.3 is 0 Å². The Morgan fingerprint density at radius 2 is 2.46 bits per heavy atom. The highest BCUT2D eigenvalue weighted by atomic mass is 32.1. The molecule has 0 atom stereocenters. The molecule has 0 saturated heterocycles. The Balaban J connectivity index is 2.52. The van der Waals surface area contributed by atoms with Crippen LogP contribution in [0.15, 0.2) is 30.6 Å². The molecule has 2 aromatic heterocycles. The summed E-state index contributed by atoms with van der Waals surface area (Å²) in [6.45, 7) is 0. The lowest BCUT2D eigenvalue weighted by molar-refractivity contribution is 0.926. The van der Waals surface area contributed by atoms with Crippen LogP contribution in [0.3, 0.4) is 0 Å². The summed E-state index contributed by atoms with van der Waals surface area (Å²) in [6, 6.07) is 3.79. The molecule has 0 radical (unpaired) electrons. The van der Waals surface area contributed by atoms with Crippen LogP contribution in [0.4, 0.5) is 0 Å². The number of nitrogens with zero attached hydrogens (tertiary/aromatic N) is 3. The summed E-state index contributed by atoms with van der Waals surface area (Å²) in [5, 5.41) is 4.17. The van der Waals surface area contributed by atoms with Gasteiger partial charge in [-0.1, -0.05) is 6.08 Å². The molecule has 3 nitrogen and oxygen atoms in total. The molecule has 66 valence electrons. The van der Waals surface area contributed by atoms with Gasteiger partial charge in [0, 0.05) is 11.9 Å². The largest absolute Gasteiger partial charge is 0.235 e. The van der Waals surface area contributed by atoms with Crippen molar-refractivity contribution in [2.75, 3.05) is 5.75 Å². The van der Waals surface area contributed by atoms with Crippen molar-refractivity contribution in [2.24, 2.45) is 0 Å². The molecule has 0 unspecified atom stereocenters. The van der Waals surface area contributed by atoms with Gasteiger partial charge >= 0.3 is 0 Å². The Morgan fingerprint density at radius 1 is 1.54 bits per heavy atom. The summed E-state index contributed by atoms with van der Waals surface area (Å²) in [4.78, 5) is 4.20. The van der Waals surface area contributed by atoms with E-state index >= 15 is 0 Å². The number of fused-ring (bicyclic) bond motifs is 1. The smallest absolute Gasteiger partial charge is 0.154 e. The average molecular weight is 191 g/mol. The topological polar surface area (TPSA) is 30.2 Å². The van der Waals surface area contributed by atoms with Gasteiger partial charge in [0.15, 0.2) is 5.65 Å². The van der Waals surface area contributed by atoms with E-state index in [4.69, 9.17) is 0 Å². The van der Waals surface area contributed by atoms with Gasteiger partial charge in [0.05, 0.1) is 11.9 Å². The van der Waals surface area contributed by atoms with Crippen molar-refractivity contribution in [3.8, 4) is 0 Å². The van der Waals surface area contributed by atoms with Crippen LogP contribution >= 0.6 is 12.6 Å². The summed E-state index contributed by atoms with van der Waals surface area (Å²) in [7, 11) is 0. The zero-order valence-corrected chi connectivity index (χ0v) is 7.85. The Bertz CT molecular complexity index is 433. The van der Waals surface area contributed by atoms with E-state index < -0.39 is 0 Å². The Morgan fingerprint density at radius 3 is 3.31 bits per heavy atom. The molecule has 0 fully saturated rings. The Hall–Kier alpha value is -1.29. The van der Waals surface area contributed by atoms with Crippen LogP contribution in [0.1, 0.15) is 5.69 Å². The lowest BCUT2D eigenvalue weighted by atomic mass is 10.4. The minimum absolute atomic E-state index is 0.722. The van der Waals surface area contributed by atoms with Crippen molar-refractivity contribution in [1.82, 2.24) is 14.6 Å². The number of imidazole rings is 1. The van der Waals surface area contributed by atoms with Crippen LogP contribution < -0.4 is 0 Å². The van der Waals surface area contributed by atoms with E-state index in [0.29, 0.717) is 0 Å². The Kier molecular flexibility index (Phi) is 2.31. The van der Waals surface area contributed by atoms with Gasteiger partial charge in [0.1, 0.15) is 0 Å². The predicted octanol–water partition coefficient (Wildman–Crippen LogP) is 1.67. The third kappa shape index (κ3) is 1.58. The highest BCUT2D eigenvalue weighted by molar-refractivity contribution is 7.80. The molecule has 0 aromatic carbocycles. The van der Waals surface area contributed by atoms with Crippen molar-refractivity contribution in [2.45, 2.75) is 0 Å². The number of aromatic nitrogens is 3. The molecule has 13 heavy (non-hydrogen) atoms. The van der Waals surface area contributed by atoms with Gasteiger partial charge in [-0.3, -0.25) is 0 Å². The van der Waals surface area contributed by atoms with Crippen LogP contribution in [0.5, 0.6) is 0 Å². The number of thiol groups is 1. The first-order valence-corrected chi connectivity index (χ1v) is 4.61. The standard InChI is InChI=1S/C9H9N3S/c13-6-2-3-8-7-10-9-4-1-5-11-12(8)9/h1-5,7,13H,6H2. The van der Waals surface area contributed by atoms with E-state index in [-0.39, 0.29) is 0 Å². The maximum atomic E-state index is 4.20. The van der Waals surface area contributed by atoms with Gasteiger partial charge in [0.2, 0.25) is 0 Å². The highest BCUT2D eigenvalue weighted by Gasteiger charge is 1.97. The second kappa shape index (κ2) is 3.62. The molecule has 0 bridgehead atoms. The van der Waals surface area contributed by atoms with Crippen LogP contribution in [0.2, 0.25) is 0 Å². The van der Waals surface area contributed by atoms with Gasteiger partial charge in [-0.15, -0.1) is 0 Å². The van der Waals surface area contributed by atoms with Gasteiger partial charge in [-0.2, -0.15) is 17.7 Å². The number of rotatable bonds is 2. The van der Waals surface area contributed by atoms with Gasteiger partial charge in [-0.25, -0.2) is 9.50 Å². The molecule has 2 aromatic rings. The van der Waals surface area contributed by atoms with Crippen LogP contribution in [-0.2, 0) is 0 Å². The normalized spacial score (nSPS) is 11.5. The van der Waals surface area contributed by atoms with Crippen LogP contribution in [0.25, 0.3) is 11.7 Å². The summed E-state index contributed by atoms with van der Waals surface area (Å²) < 4.78 is 1.79. The first kappa shape index (κ1) is 8.31. The summed E-state index contributed by atoms with van der Waals surface area (Å²) >= 11 is 4.09. The van der Waals surface area contributed by atoms with E-state index in [1.165, 1.54) is 0 Å². The number of hydrogen-bond donors (Lipinski definition) is 1. The third-order valence-corrected chi connectivity index (χ3v) is 1.91. The number of hydrogen-bond acceptors (Lipinski definition) is 3. The molecule has 4 heteroatoms. The lowest BCUT2D eigenvalue weighted by Gasteiger charge is -1.92. The van der Waals surface area contributed by atoms with Crippen molar-refractivity contribution < 1.29 is 0 Å². The SMILES string of the molecule is SCC=Cc1cnc2cccnn12. The first-order valence-electron chi connectivity index (χ1n) is 3.98. The molecular formula is C9H9N3S. The van der Waals surface area contributed by atoms with Crippen molar-refractivity contribution >= 4 is 24.4 Å². The zero-order chi connectivity index (χ0) is 9.10.